The second kappa shape index (κ2) is 9.38. The molecule has 0 unspecified atom stereocenters. The maximum atomic E-state index is 12.1. The van der Waals surface area contributed by atoms with Crippen molar-refractivity contribution in [3.63, 3.8) is 0 Å². The van der Waals surface area contributed by atoms with Crippen molar-refractivity contribution >= 4 is 23.2 Å². The van der Waals surface area contributed by atoms with Crippen LogP contribution in [0.2, 0.25) is 0 Å². The molecule has 0 aliphatic heterocycles. The summed E-state index contributed by atoms with van der Waals surface area (Å²) in [6.07, 6.45) is 1.81. The topological polar surface area (TPSA) is 62.1 Å². The standard InChI is InChI=1S/C25H22N2O2/c1-18-9-11-21(12-10-18)22(16-26)14-20-6-4-8-24(15-20)29-17-25(28)27-23-7-3-5-19(2)13-23/h3-15H,17H2,1-2H3,(H,27,28)/b22-14+. The summed E-state index contributed by atoms with van der Waals surface area (Å²) in [5, 5.41) is 12.3. The number of benzene rings is 3. The fraction of sp³-hybridized carbons (Fsp3) is 0.120. The van der Waals surface area contributed by atoms with Crippen molar-refractivity contribution in [3.8, 4) is 11.8 Å². The van der Waals surface area contributed by atoms with Gasteiger partial charge >= 0.3 is 0 Å². The molecule has 0 aliphatic rings. The third kappa shape index (κ3) is 5.82. The van der Waals surface area contributed by atoms with E-state index in [2.05, 4.69) is 11.4 Å². The monoisotopic (exact) mass is 382 g/mol. The van der Waals surface area contributed by atoms with Crippen LogP contribution in [0.25, 0.3) is 11.6 Å². The molecule has 0 aromatic heterocycles. The van der Waals surface area contributed by atoms with Crippen LogP contribution in [0.15, 0.2) is 72.8 Å². The fourth-order valence-electron chi connectivity index (χ4n) is 2.84. The summed E-state index contributed by atoms with van der Waals surface area (Å²) in [5.74, 6) is 0.341. The van der Waals surface area contributed by atoms with Gasteiger partial charge in [0.15, 0.2) is 6.61 Å². The molecule has 4 nitrogen and oxygen atoms in total. The lowest BCUT2D eigenvalue weighted by Crippen LogP contribution is -2.20. The smallest absolute Gasteiger partial charge is 0.262 e. The van der Waals surface area contributed by atoms with Crippen molar-refractivity contribution in [1.29, 1.82) is 5.26 Å². The summed E-state index contributed by atoms with van der Waals surface area (Å²) in [6.45, 7) is 3.89. The van der Waals surface area contributed by atoms with Crippen LogP contribution in [0.4, 0.5) is 5.69 Å². The first-order valence-corrected chi connectivity index (χ1v) is 9.32. The molecule has 3 aromatic rings. The predicted octanol–water partition coefficient (Wildman–Crippen LogP) is 5.39. The molecule has 4 heteroatoms. The highest BCUT2D eigenvalue weighted by Gasteiger charge is 2.05. The molecule has 0 bridgehead atoms. The number of aryl methyl sites for hydroxylation is 2. The summed E-state index contributed by atoms with van der Waals surface area (Å²) < 4.78 is 5.62. The third-order valence-corrected chi connectivity index (χ3v) is 4.32. The number of carbonyl (C=O) groups is 1. The largest absolute Gasteiger partial charge is 0.484 e. The van der Waals surface area contributed by atoms with E-state index in [1.807, 2.05) is 86.7 Å². The second-order valence-corrected chi connectivity index (χ2v) is 6.81. The Morgan fingerprint density at radius 3 is 2.48 bits per heavy atom. The minimum absolute atomic E-state index is 0.0931. The zero-order valence-electron chi connectivity index (χ0n) is 16.5. The molecule has 29 heavy (non-hydrogen) atoms. The number of nitrogens with one attached hydrogen (secondary N) is 1. The van der Waals surface area contributed by atoms with Crippen LogP contribution in [-0.2, 0) is 4.79 Å². The number of nitriles is 1. The van der Waals surface area contributed by atoms with E-state index in [0.29, 0.717) is 11.3 Å². The van der Waals surface area contributed by atoms with Crippen LogP contribution in [0.5, 0.6) is 5.75 Å². The molecule has 0 saturated carbocycles. The zero-order valence-corrected chi connectivity index (χ0v) is 16.5. The average molecular weight is 382 g/mol. The molecule has 1 N–H and O–H groups in total. The van der Waals surface area contributed by atoms with E-state index in [0.717, 1.165) is 27.9 Å². The van der Waals surface area contributed by atoms with Gasteiger partial charge in [0.05, 0.1) is 11.6 Å². The SMILES string of the molecule is Cc1ccc(/C(C#N)=C/c2cccc(OCC(=O)Nc3cccc(C)c3)c2)cc1. The van der Waals surface area contributed by atoms with Gasteiger partial charge in [-0.25, -0.2) is 0 Å². The molecule has 3 rings (SSSR count). The lowest BCUT2D eigenvalue weighted by molar-refractivity contribution is -0.118. The first-order chi connectivity index (χ1) is 14.0. The highest BCUT2D eigenvalue weighted by molar-refractivity contribution is 5.92. The Morgan fingerprint density at radius 1 is 1.00 bits per heavy atom. The summed E-state index contributed by atoms with van der Waals surface area (Å²) >= 11 is 0. The molecular weight excluding hydrogens is 360 g/mol. The van der Waals surface area contributed by atoms with Crippen LogP contribution >= 0.6 is 0 Å². The Balaban J connectivity index is 1.66. The van der Waals surface area contributed by atoms with Gasteiger partial charge in [0, 0.05) is 5.69 Å². The maximum absolute atomic E-state index is 12.1. The number of allylic oxidation sites excluding steroid dienone is 1. The number of amides is 1. The van der Waals surface area contributed by atoms with Gasteiger partial charge in [-0.05, 0) is 60.9 Å². The lowest BCUT2D eigenvalue weighted by atomic mass is 10.0. The van der Waals surface area contributed by atoms with Crippen molar-refractivity contribution in [2.75, 3.05) is 11.9 Å². The normalized spacial score (nSPS) is 10.9. The lowest BCUT2D eigenvalue weighted by Gasteiger charge is -2.09. The zero-order chi connectivity index (χ0) is 20.6. The summed E-state index contributed by atoms with van der Waals surface area (Å²) in [7, 11) is 0. The van der Waals surface area contributed by atoms with E-state index in [1.54, 1.807) is 6.07 Å². The number of rotatable bonds is 6. The van der Waals surface area contributed by atoms with Crippen molar-refractivity contribution in [1.82, 2.24) is 0 Å². The van der Waals surface area contributed by atoms with E-state index < -0.39 is 0 Å². The number of anilines is 1. The Kier molecular flexibility index (Phi) is 6.44. The molecule has 0 fully saturated rings. The summed E-state index contributed by atoms with van der Waals surface area (Å²) in [4.78, 5) is 12.1. The Labute approximate surface area is 171 Å². The van der Waals surface area contributed by atoms with Gasteiger partial charge in [-0.3, -0.25) is 4.79 Å². The van der Waals surface area contributed by atoms with Crippen molar-refractivity contribution in [2.24, 2.45) is 0 Å². The molecule has 0 heterocycles. The van der Waals surface area contributed by atoms with Gasteiger partial charge in [0.2, 0.25) is 0 Å². The fourth-order valence-corrected chi connectivity index (χ4v) is 2.84. The van der Waals surface area contributed by atoms with Gasteiger partial charge in [-0.1, -0.05) is 54.1 Å². The van der Waals surface area contributed by atoms with Crippen molar-refractivity contribution in [2.45, 2.75) is 13.8 Å². The van der Waals surface area contributed by atoms with E-state index >= 15 is 0 Å². The van der Waals surface area contributed by atoms with Crippen LogP contribution in [0.3, 0.4) is 0 Å². The van der Waals surface area contributed by atoms with Gasteiger partial charge in [0.25, 0.3) is 5.91 Å². The van der Waals surface area contributed by atoms with Gasteiger partial charge in [0.1, 0.15) is 5.75 Å². The molecule has 144 valence electrons. The number of hydrogen-bond donors (Lipinski definition) is 1. The van der Waals surface area contributed by atoms with Crippen LogP contribution in [-0.4, -0.2) is 12.5 Å². The van der Waals surface area contributed by atoms with Crippen LogP contribution in [0.1, 0.15) is 22.3 Å². The average Bonchev–Trinajstić information content (AvgIpc) is 2.72. The highest BCUT2D eigenvalue weighted by Crippen LogP contribution is 2.21. The number of ether oxygens (including phenoxy) is 1. The third-order valence-electron chi connectivity index (χ3n) is 4.32. The minimum Gasteiger partial charge on any atom is -0.484 e. The van der Waals surface area contributed by atoms with Gasteiger partial charge < -0.3 is 10.1 Å². The predicted molar refractivity (Wildman–Crippen MR) is 116 cm³/mol. The molecular formula is C25H22N2O2. The molecule has 0 spiro atoms. The molecule has 1 amide bonds. The van der Waals surface area contributed by atoms with E-state index in [9.17, 15) is 10.1 Å². The molecule has 0 atom stereocenters. The summed E-state index contributed by atoms with van der Waals surface area (Å²) in [5.41, 5.74) is 5.22. The molecule has 0 saturated heterocycles. The molecule has 0 aliphatic carbocycles. The number of nitrogens with zero attached hydrogens (tertiary/aromatic N) is 1. The molecule has 3 aromatic carbocycles. The highest BCUT2D eigenvalue weighted by atomic mass is 16.5. The first-order valence-electron chi connectivity index (χ1n) is 9.32. The van der Waals surface area contributed by atoms with E-state index in [1.165, 1.54) is 0 Å². The maximum Gasteiger partial charge on any atom is 0.262 e. The summed E-state index contributed by atoms with van der Waals surface area (Å²) in [6, 6.07) is 25.0. The van der Waals surface area contributed by atoms with E-state index in [4.69, 9.17) is 4.74 Å². The number of carbonyl (C=O) groups excluding carboxylic acids is 1. The Bertz CT molecular complexity index is 1080. The van der Waals surface area contributed by atoms with Crippen LogP contribution in [0, 0.1) is 25.2 Å². The van der Waals surface area contributed by atoms with E-state index in [-0.39, 0.29) is 12.5 Å². The molecule has 0 radical (unpaired) electrons. The Morgan fingerprint density at radius 2 is 1.76 bits per heavy atom. The quantitative estimate of drug-likeness (QED) is 0.459. The first kappa shape index (κ1) is 19.9. The number of hydrogen-bond acceptors (Lipinski definition) is 3. The van der Waals surface area contributed by atoms with Gasteiger partial charge in [-0.15, -0.1) is 0 Å². The van der Waals surface area contributed by atoms with Crippen molar-refractivity contribution in [3.05, 3.63) is 95.1 Å². The van der Waals surface area contributed by atoms with Gasteiger partial charge in [-0.2, -0.15) is 5.26 Å². The second-order valence-electron chi connectivity index (χ2n) is 6.81. The minimum atomic E-state index is -0.228. The van der Waals surface area contributed by atoms with Crippen LogP contribution < -0.4 is 10.1 Å². The van der Waals surface area contributed by atoms with Crippen molar-refractivity contribution < 1.29 is 9.53 Å². The Hall–Kier alpha value is -3.84.